The minimum atomic E-state index is -0.479. The number of amides is 1. The lowest BCUT2D eigenvalue weighted by Gasteiger charge is -2.21. The number of anilines is 1. The van der Waals surface area contributed by atoms with Gasteiger partial charge in [-0.2, -0.15) is 0 Å². The van der Waals surface area contributed by atoms with E-state index in [0.717, 1.165) is 11.3 Å². The molecule has 7 heteroatoms. The molecule has 0 bridgehead atoms. The van der Waals surface area contributed by atoms with Crippen molar-refractivity contribution in [2.75, 3.05) is 19.4 Å². The van der Waals surface area contributed by atoms with Crippen molar-refractivity contribution in [1.29, 1.82) is 0 Å². The van der Waals surface area contributed by atoms with E-state index in [-0.39, 0.29) is 18.6 Å². The molecule has 0 aliphatic rings. The Bertz CT molecular complexity index is 873. The highest BCUT2D eigenvalue weighted by Crippen LogP contribution is 2.32. The molecule has 0 radical (unpaired) electrons. The van der Waals surface area contributed by atoms with Crippen molar-refractivity contribution in [2.24, 2.45) is 5.92 Å². The van der Waals surface area contributed by atoms with Crippen LogP contribution in [0.1, 0.15) is 83.3 Å². The lowest BCUT2D eigenvalue weighted by molar-refractivity contribution is -0.717. The van der Waals surface area contributed by atoms with Crippen molar-refractivity contribution in [3.8, 4) is 0 Å². The molecule has 164 valence electrons. The summed E-state index contributed by atoms with van der Waals surface area (Å²) < 4.78 is 5.19. The van der Waals surface area contributed by atoms with Crippen LogP contribution in [0.3, 0.4) is 0 Å². The first kappa shape index (κ1) is 23.9. The Morgan fingerprint density at radius 1 is 1.13 bits per heavy atom. The average Bonchev–Trinajstić information content (AvgIpc) is 3.04. The smallest absolute Gasteiger partial charge is 0.341 e. The Kier molecular flexibility index (Phi) is 8.43. The van der Waals surface area contributed by atoms with Gasteiger partial charge in [-0.1, -0.05) is 52.0 Å². The third-order valence-electron chi connectivity index (χ3n) is 5.23. The molecule has 0 saturated heterocycles. The second-order valence-electron chi connectivity index (χ2n) is 7.98. The highest BCUT2D eigenvalue weighted by atomic mass is 32.1. The number of nitrogens with two attached hydrogens (primary N) is 2. The number of rotatable bonds is 9. The van der Waals surface area contributed by atoms with Gasteiger partial charge in [-0.3, -0.25) is 4.79 Å². The lowest BCUT2D eigenvalue weighted by Crippen LogP contribution is -2.85. The number of ether oxygens (including phenoxy) is 1. The van der Waals surface area contributed by atoms with Gasteiger partial charge in [0.05, 0.1) is 6.61 Å². The van der Waals surface area contributed by atoms with Crippen LogP contribution < -0.4 is 16.4 Å². The van der Waals surface area contributed by atoms with Crippen LogP contribution in [-0.2, 0) is 11.3 Å². The zero-order valence-corrected chi connectivity index (χ0v) is 19.6. The van der Waals surface area contributed by atoms with Gasteiger partial charge in [0, 0.05) is 24.1 Å². The molecule has 0 saturated carbocycles. The molecular formula is C23H34N3O3S+. The molecule has 6 nitrogen and oxygen atoms in total. The SMILES string of the molecule is CCOC(=O)c1c(N)sc(C(=O)NC)c1C[NH2+][C@H](c1ccc(C(C)C)cc1)C(C)C. The largest absolute Gasteiger partial charge is 0.462 e. The van der Waals surface area contributed by atoms with Crippen LogP contribution in [0.15, 0.2) is 24.3 Å². The number of quaternary nitrogens is 1. The molecule has 1 aromatic carbocycles. The van der Waals surface area contributed by atoms with E-state index in [2.05, 4.69) is 62.6 Å². The van der Waals surface area contributed by atoms with E-state index in [1.54, 1.807) is 14.0 Å². The number of carbonyl (C=O) groups excluding carboxylic acids is 2. The lowest BCUT2D eigenvalue weighted by atomic mass is 9.93. The second-order valence-corrected chi connectivity index (χ2v) is 9.03. The Hall–Kier alpha value is -2.38. The quantitative estimate of drug-likeness (QED) is 0.529. The summed E-state index contributed by atoms with van der Waals surface area (Å²) in [6, 6.07) is 8.87. The van der Waals surface area contributed by atoms with Gasteiger partial charge in [0.15, 0.2) is 0 Å². The van der Waals surface area contributed by atoms with Gasteiger partial charge < -0.3 is 21.1 Å². The molecule has 2 aromatic rings. The van der Waals surface area contributed by atoms with E-state index in [1.807, 2.05) is 0 Å². The molecule has 0 fully saturated rings. The van der Waals surface area contributed by atoms with Gasteiger partial charge in [-0.25, -0.2) is 4.79 Å². The van der Waals surface area contributed by atoms with Crippen molar-refractivity contribution in [1.82, 2.24) is 5.32 Å². The standard InChI is InChI=1S/C23H33N3O3S/c1-7-29-23(28)18-17(20(22(27)25-6)30-21(18)24)12-26-19(14(4)5)16-10-8-15(9-11-16)13(2)3/h8-11,13-14,19,26H,7,12,24H2,1-6H3,(H,25,27)/p+1/t19-/m0/s1. The number of esters is 1. The summed E-state index contributed by atoms with van der Waals surface area (Å²) in [6.45, 7) is 11.2. The number of thiophene rings is 1. The first-order valence-corrected chi connectivity index (χ1v) is 11.3. The molecule has 2 rings (SSSR count). The molecular weight excluding hydrogens is 398 g/mol. The molecule has 1 heterocycles. The second kappa shape index (κ2) is 10.6. The van der Waals surface area contributed by atoms with Gasteiger partial charge in [0.2, 0.25) is 0 Å². The summed E-state index contributed by atoms with van der Waals surface area (Å²) in [6.07, 6.45) is 0. The Morgan fingerprint density at radius 2 is 1.73 bits per heavy atom. The van der Waals surface area contributed by atoms with E-state index in [4.69, 9.17) is 10.5 Å². The average molecular weight is 433 g/mol. The van der Waals surface area contributed by atoms with Gasteiger partial charge in [-0.15, -0.1) is 11.3 Å². The van der Waals surface area contributed by atoms with Gasteiger partial charge in [-0.05, 0) is 18.4 Å². The van der Waals surface area contributed by atoms with Crippen LogP contribution in [0.4, 0.5) is 5.00 Å². The molecule has 0 aliphatic carbocycles. The number of hydrogen-bond acceptors (Lipinski definition) is 5. The van der Waals surface area contributed by atoms with Crippen LogP contribution in [0, 0.1) is 5.92 Å². The first-order valence-electron chi connectivity index (χ1n) is 10.4. The zero-order valence-electron chi connectivity index (χ0n) is 18.7. The number of nitrogen functional groups attached to an aromatic ring is 1. The van der Waals surface area contributed by atoms with Gasteiger partial charge >= 0.3 is 5.97 Å². The number of benzene rings is 1. The molecule has 30 heavy (non-hydrogen) atoms. The minimum Gasteiger partial charge on any atom is -0.462 e. The maximum atomic E-state index is 12.5. The Balaban J connectivity index is 2.36. The Morgan fingerprint density at radius 3 is 2.23 bits per heavy atom. The summed E-state index contributed by atoms with van der Waals surface area (Å²) in [7, 11) is 1.57. The summed E-state index contributed by atoms with van der Waals surface area (Å²) in [5, 5.41) is 5.13. The molecule has 1 aromatic heterocycles. The van der Waals surface area contributed by atoms with Crippen LogP contribution in [-0.4, -0.2) is 25.5 Å². The van der Waals surface area contributed by atoms with E-state index < -0.39 is 5.97 Å². The maximum absolute atomic E-state index is 12.5. The molecule has 0 aliphatic heterocycles. The van der Waals surface area contributed by atoms with E-state index >= 15 is 0 Å². The predicted octanol–water partition coefficient (Wildman–Crippen LogP) is 3.45. The van der Waals surface area contributed by atoms with E-state index in [1.165, 1.54) is 11.1 Å². The fourth-order valence-corrected chi connectivity index (χ4v) is 4.58. The van der Waals surface area contributed by atoms with Crippen molar-refractivity contribution in [3.05, 3.63) is 51.4 Å². The van der Waals surface area contributed by atoms with Crippen LogP contribution in [0.2, 0.25) is 0 Å². The van der Waals surface area contributed by atoms with Crippen LogP contribution in [0.5, 0.6) is 0 Å². The zero-order chi connectivity index (χ0) is 22.4. The molecule has 5 N–H and O–H groups in total. The van der Waals surface area contributed by atoms with Crippen LogP contribution in [0.25, 0.3) is 0 Å². The summed E-state index contributed by atoms with van der Waals surface area (Å²) in [5.74, 6) is 0.122. The van der Waals surface area contributed by atoms with Gasteiger partial charge in [0.1, 0.15) is 28.0 Å². The maximum Gasteiger partial charge on any atom is 0.341 e. The number of carbonyl (C=O) groups is 2. The number of hydrogen-bond donors (Lipinski definition) is 3. The normalized spacial score (nSPS) is 12.3. The van der Waals surface area contributed by atoms with Crippen molar-refractivity contribution < 1.29 is 19.6 Å². The van der Waals surface area contributed by atoms with E-state index in [0.29, 0.717) is 39.4 Å². The summed E-state index contributed by atoms with van der Waals surface area (Å²) in [4.78, 5) is 25.4. The Labute approximate surface area is 183 Å². The fraction of sp³-hybridized carbons (Fsp3) is 0.478. The van der Waals surface area contributed by atoms with Gasteiger partial charge in [0.25, 0.3) is 5.91 Å². The highest BCUT2D eigenvalue weighted by Gasteiger charge is 2.29. The first-order chi connectivity index (χ1) is 14.2. The van der Waals surface area contributed by atoms with Crippen molar-refractivity contribution in [3.63, 3.8) is 0 Å². The molecule has 1 atom stereocenters. The molecule has 1 amide bonds. The van der Waals surface area contributed by atoms with Crippen molar-refractivity contribution in [2.45, 2.75) is 53.1 Å². The van der Waals surface area contributed by atoms with Crippen LogP contribution >= 0.6 is 11.3 Å². The summed E-state index contributed by atoms with van der Waals surface area (Å²) in [5.41, 5.74) is 9.59. The fourth-order valence-electron chi connectivity index (χ4n) is 3.54. The minimum absolute atomic E-state index is 0.180. The molecule has 0 spiro atoms. The topological polar surface area (TPSA) is 98.0 Å². The van der Waals surface area contributed by atoms with Crippen molar-refractivity contribution >= 4 is 28.2 Å². The summed E-state index contributed by atoms with van der Waals surface area (Å²) >= 11 is 1.13. The van der Waals surface area contributed by atoms with E-state index in [9.17, 15) is 9.59 Å². The molecule has 0 unspecified atom stereocenters. The predicted molar refractivity (Wildman–Crippen MR) is 122 cm³/mol. The third kappa shape index (κ3) is 5.40. The highest BCUT2D eigenvalue weighted by molar-refractivity contribution is 7.18. The number of nitrogens with one attached hydrogen (secondary N) is 1. The monoisotopic (exact) mass is 432 g/mol. The third-order valence-corrected chi connectivity index (χ3v) is 6.29.